The van der Waals surface area contributed by atoms with Gasteiger partial charge < -0.3 is 14.6 Å². The van der Waals surface area contributed by atoms with Crippen LogP contribution < -0.4 is 14.9 Å². The van der Waals surface area contributed by atoms with Gasteiger partial charge in [0.15, 0.2) is 11.5 Å². The summed E-state index contributed by atoms with van der Waals surface area (Å²) in [5.41, 5.74) is 3.26. The molecule has 0 aliphatic heterocycles. The topological polar surface area (TPSA) is 97.2 Å². The molecule has 0 spiro atoms. The summed E-state index contributed by atoms with van der Waals surface area (Å²) < 4.78 is 10.7. The van der Waals surface area contributed by atoms with Crippen LogP contribution in [-0.4, -0.2) is 30.3 Å². The second-order valence-corrected chi connectivity index (χ2v) is 6.40. The average molecular weight is 425 g/mol. The number of nitrogens with zero attached hydrogens (tertiary/aromatic N) is 1. The van der Waals surface area contributed by atoms with Crippen molar-refractivity contribution >= 4 is 29.7 Å². The number of ether oxygens (including phenoxy) is 2. The van der Waals surface area contributed by atoms with Crippen molar-refractivity contribution in [1.29, 1.82) is 0 Å². The van der Waals surface area contributed by atoms with Gasteiger partial charge >= 0.3 is 5.97 Å². The minimum atomic E-state index is -0.616. The molecule has 3 rings (SSSR count). The molecule has 0 heterocycles. The van der Waals surface area contributed by atoms with Crippen LogP contribution in [0.4, 0.5) is 0 Å². The van der Waals surface area contributed by atoms with Crippen molar-refractivity contribution < 1.29 is 24.2 Å². The summed E-state index contributed by atoms with van der Waals surface area (Å²) in [5.74, 6) is -0.808. The molecule has 0 atom stereocenters. The third-order valence-corrected chi connectivity index (χ3v) is 4.34. The molecule has 0 aliphatic carbocycles. The number of amides is 1. The van der Waals surface area contributed by atoms with Crippen LogP contribution in [0, 0.1) is 0 Å². The number of esters is 1. The van der Waals surface area contributed by atoms with Gasteiger partial charge in [0.05, 0.1) is 29.5 Å². The second-order valence-electron chi connectivity index (χ2n) is 6.00. The normalized spacial score (nSPS) is 10.6. The van der Waals surface area contributed by atoms with Crippen LogP contribution in [0.1, 0.15) is 26.3 Å². The highest BCUT2D eigenvalue weighted by Gasteiger charge is 2.15. The molecule has 0 saturated carbocycles. The van der Waals surface area contributed by atoms with Crippen molar-refractivity contribution in [3.05, 3.63) is 88.4 Å². The van der Waals surface area contributed by atoms with Crippen LogP contribution in [0.15, 0.2) is 71.8 Å². The van der Waals surface area contributed by atoms with E-state index in [1.807, 2.05) is 0 Å². The van der Waals surface area contributed by atoms with Gasteiger partial charge in [0, 0.05) is 0 Å². The van der Waals surface area contributed by atoms with E-state index in [9.17, 15) is 14.7 Å². The van der Waals surface area contributed by atoms with Crippen LogP contribution in [0.5, 0.6) is 17.2 Å². The lowest BCUT2D eigenvalue weighted by Crippen LogP contribution is -2.17. The summed E-state index contributed by atoms with van der Waals surface area (Å²) in [5, 5.41) is 13.8. The Hall–Kier alpha value is -3.84. The smallest absolute Gasteiger partial charge is 0.345 e. The maximum absolute atomic E-state index is 12.3. The lowest BCUT2D eigenvalue weighted by atomic mass is 10.2. The molecular weight excluding hydrogens is 408 g/mol. The molecule has 3 aromatic carbocycles. The number of phenolic OH excluding ortho intramolecular Hbond substituents is 1. The Balaban J connectivity index is 1.70. The molecule has 0 saturated heterocycles. The average Bonchev–Trinajstić information content (AvgIpc) is 2.75. The van der Waals surface area contributed by atoms with Crippen molar-refractivity contribution in [3.63, 3.8) is 0 Å². The van der Waals surface area contributed by atoms with Gasteiger partial charge in [0.2, 0.25) is 0 Å². The number of carbonyl (C=O) groups excluding carboxylic acids is 2. The molecule has 2 N–H and O–H groups in total. The van der Waals surface area contributed by atoms with Gasteiger partial charge in [-0.3, -0.25) is 4.79 Å². The monoisotopic (exact) mass is 424 g/mol. The lowest BCUT2D eigenvalue weighted by molar-refractivity contribution is 0.0729. The number of rotatable bonds is 6. The zero-order chi connectivity index (χ0) is 21.5. The molecule has 1 amide bonds. The summed E-state index contributed by atoms with van der Waals surface area (Å²) in [6, 6.07) is 17.4. The molecule has 8 heteroatoms. The first-order chi connectivity index (χ1) is 14.5. The highest BCUT2D eigenvalue weighted by atomic mass is 35.5. The quantitative estimate of drug-likeness (QED) is 0.269. The third kappa shape index (κ3) is 4.95. The van der Waals surface area contributed by atoms with Gasteiger partial charge in [0.25, 0.3) is 5.91 Å². The van der Waals surface area contributed by atoms with E-state index in [0.29, 0.717) is 11.3 Å². The number of benzene rings is 3. The fourth-order valence-corrected chi connectivity index (χ4v) is 2.73. The maximum Gasteiger partial charge on any atom is 0.345 e. The van der Waals surface area contributed by atoms with E-state index in [0.717, 1.165) is 0 Å². The third-order valence-electron chi connectivity index (χ3n) is 4.01. The van der Waals surface area contributed by atoms with Crippen LogP contribution in [-0.2, 0) is 0 Å². The molecule has 0 fully saturated rings. The Morgan fingerprint density at radius 3 is 2.40 bits per heavy atom. The number of aromatic hydroxyl groups is 1. The van der Waals surface area contributed by atoms with Crippen LogP contribution in [0.3, 0.4) is 0 Å². The molecule has 30 heavy (non-hydrogen) atoms. The number of phenols is 1. The molecular formula is C22H17ClN2O5. The first-order valence-electron chi connectivity index (χ1n) is 8.75. The largest absolute Gasteiger partial charge is 0.507 e. The van der Waals surface area contributed by atoms with Gasteiger partial charge in [-0.2, -0.15) is 5.10 Å². The molecule has 0 bridgehead atoms. The molecule has 7 nitrogen and oxygen atoms in total. The van der Waals surface area contributed by atoms with Crippen LogP contribution in [0.25, 0.3) is 0 Å². The van der Waals surface area contributed by atoms with Crippen molar-refractivity contribution in [1.82, 2.24) is 5.43 Å². The first kappa shape index (κ1) is 20.9. The Labute approximate surface area is 177 Å². The number of hydrogen-bond donors (Lipinski definition) is 2. The number of methoxy groups -OCH3 is 1. The SMILES string of the molecule is COc1cc(/C=N\NC(=O)c2ccccc2O)ccc1OC(=O)c1ccccc1Cl. The number of carbonyl (C=O) groups is 2. The van der Waals surface area contributed by atoms with Crippen LogP contribution in [0.2, 0.25) is 5.02 Å². The number of hydrazone groups is 1. The van der Waals surface area contributed by atoms with Gasteiger partial charge in [-0.15, -0.1) is 0 Å². The van der Waals surface area contributed by atoms with E-state index in [-0.39, 0.29) is 27.6 Å². The van der Waals surface area contributed by atoms with Crippen molar-refractivity contribution in [2.45, 2.75) is 0 Å². The van der Waals surface area contributed by atoms with Gasteiger partial charge in [-0.25, -0.2) is 10.2 Å². The Kier molecular flexibility index (Phi) is 6.67. The zero-order valence-electron chi connectivity index (χ0n) is 15.8. The summed E-state index contributed by atoms with van der Waals surface area (Å²) in [7, 11) is 1.43. The van der Waals surface area contributed by atoms with Crippen molar-refractivity contribution in [2.75, 3.05) is 7.11 Å². The molecule has 0 unspecified atom stereocenters. The molecule has 152 valence electrons. The number of para-hydroxylation sites is 1. The predicted octanol–water partition coefficient (Wildman–Crippen LogP) is 4.04. The summed E-state index contributed by atoms with van der Waals surface area (Å²) in [4.78, 5) is 24.4. The van der Waals surface area contributed by atoms with E-state index in [2.05, 4.69) is 10.5 Å². The van der Waals surface area contributed by atoms with E-state index in [1.165, 1.54) is 25.5 Å². The fraction of sp³-hybridized carbons (Fsp3) is 0.0455. The molecule has 0 aliphatic rings. The van der Waals surface area contributed by atoms with E-state index < -0.39 is 11.9 Å². The fourth-order valence-electron chi connectivity index (χ4n) is 2.52. The number of halogens is 1. The summed E-state index contributed by atoms with van der Waals surface area (Å²) in [6.45, 7) is 0. The van der Waals surface area contributed by atoms with Gasteiger partial charge in [-0.1, -0.05) is 35.9 Å². The highest BCUT2D eigenvalue weighted by molar-refractivity contribution is 6.33. The number of nitrogens with one attached hydrogen (secondary N) is 1. The predicted molar refractivity (Wildman–Crippen MR) is 113 cm³/mol. The Morgan fingerprint density at radius 2 is 1.70 bits per heavy atom. The Bertz CT molecular complexity index is 1110. The lowest BCUT2D eigenvalue weighted by Gasteiger charge is -2.10. The van der Waals surface area contributed by atoms with Crippen molar-refractivity contribution in [2.24, 2.45) is 5.10 Å². The number of hydrogen-bond acceptors (Lipinski definition) is 6. The van der Waals surface area contributed by atoms with E-state index in [4.69, 9.17) is 21.1 Å². The molecule has 3 aromatic rings. The van der Waals surface area contributed by atoms with Gasteiger partial charge in [0.1, 0.15) is 5.75 Å². The van der Waals surface area contributed by atoms with E-state index >= 15 is 0 Å². The minimum Gasteiger partial charge on any atom is -0.507 e. The second kappa shape index (κ2) is 9.58. The first-order valence-corrected chi connectivity index (χ1v) is 9.13. The zero-order valence-corrected chi connectivity index (χ0v) is 16.6. The Morgan fingerprint density at radius 1 is 1.00 bits per heavy atom. The van der Waals surface area contributed by atoms with Crippen molar-refractivity contribution in [3.8, 4) is 17.2 Å². The standard InChI is InChI=1S/C22H17ClN2O5/c1-29-20-12-14(13-24-25-21(27)16-7-3-5-9-18(16)26)10-11-19(20)30-22(28)15-6-2-4-8-17(15)23/h2-13,26H,1H3,(H,25,27)/b24-13-. The maximum atomic E-state index is 12.3. The summed E-state index contributed by atoms with van der Waals surface area (Å²) in [6.07, 6.45) is 1.39. The summed E-state index contributed by atoms with van der Waals surface area (Å²) >= 11 is 6.02. The minimum absolute atomic E-state index is 0.106. The molecule has 0 aromatic heterocycles. The van der Waals surface area contributed by atoms with Crippen LogP contribution >= 0.6 is 11.6 Å². The van der Waals surface area contributed by atoms with Gasteiger partial charge in [-0.05, 0) is 48.0 Å². The van der Waals surface area contributed by atoms with E-state index in [1.54, 1.807) is 54.6 Å². The molecule has 0 radical (unpaired) electrons. The highest BCUT2D eigenvalue weighted by Crippen LogP contribution is 2.29.